The maximum Gasteiger partial charge on any atom is 0.408 e. The van der Waals surface area contributed by atoms with E-state index in [4.69, 9.17) is 0 Å². The Labute approximate surface area is 106 Å². The second-order valence-corrected chi connectivity index (χ2v) is 5.17. The molecule has 1 aliphatic rings. The first kappa shape index (κ1) is 15.3. The Hall–Kier alpha value is -0.780. The molecule has 1 N–H and O–H groups in total. The Bertz CT molecular complexity index is 296. The molecule has 0 saturated carbocycles. The van der Waals surface area contributed by atoms with Crippen LogP contribution in [-0.4, -0.2) is 43.2 Å². The molecule has 1 fully saturated rings. The van der Waals surface area contributed by atoms with Gasteiger partial charge in [0.25, 0.3) is 0 Å². The normalized spacial score (nSPS) is 22.6. The van der Waals surface area contributed by atoms with Crippen LogP contribution >= 0.6 is 0 Å². The summed E-state index contributed by atoms with van der Waals surface area (Å²) in [6.07, 6.45) is -2.56. The molecule has 1 atom stereocenters. The lowest BCUT2D eigenvalue weighted by molar-refractivity contribution is -0.163. The van der Waals surface area contributed by atoms with Crippen molar-refractivity contribution in [1.29, 1.82) is 0 Å². The minimum absolute atomic E-state index is 0.456. The van der Waals surface area contributed by atoms with Crippen LogP contribution in [-0.2, 0) is 4.79 Å². The van der Waals surface area contributed by atoms with Gasteiger partial charge >= 0.3 is 6.18 Å². The maximum atomic E-state index is 12.4. The molecule has 3 nitrogen and oxygen atoms in total. The van der Waals surface area contributed by atoms with E-state index in [1.807, 2.05) is 14.0 Å². The van der Waals surface area contributed by atoms with E-state index >= 15 is 0 Å². The zero-order valence-electron chi connectivity index (χ0n) is 11.1. The number of amides is 1. The topological polar surface area (TPSA) is 32.3 Å². The van der Waals surface area contributed by atoms with Gasteiger partial charge in [-0.3, -0.25) is 4.79 Å². The van der Waals surface area contributed by atoms with Gasteiger partial charge in [0.2, 0.25) is 5.91 Å². The van der Waals surface area contributed by atoms with E-state index < -0.39 is 23.5 Å². The fourth-order valence-electron chi connectivity index (χ4n) is 2.22. The van der Waals surface area contributed by atoms with Crippen molar-refractivity contribution in [2.24, 2.45) is 5.41 Å². The van der Waals surface area contributed by atoms with Crippen molar-refractivity contribution in [3.8, 4) is 0 Å². The minimum Gasteiger partial charge on any atom is -0.344 e. The Balaban J connectivity index is 2.68. The van der Waals surface area contributed by atoms with E-state index in [-0.39, 0.29) is 0 Å². The van der Waals surface area contributed by atoms with Gasteiger partial charge in [-0.25, -0.2) is 0 Å². The molecule has 0 aromatic rings. The van der Waals surface area contributed by atoms with Crippen LogP contribution in [0, 0.1) is 5.41 Å². The molecule has 106 valence electrons. The molecule has 18 heavy (non-hydrogen) atoms. The van der Waals surface area contributed by atoms with Gasteiger partial charge in [-0.2, -0.15) is 13.2 Å². The predicted octanol–water partition coefficient (Wildman–Crippen LogP) is 2.18. The smallest absolute Gasteiger partial charge is 0.344 e. The summed E-state index contributed by atoms with van der Waals surface area (Å²) < 4.78 is 37.3. The average molecular weight is 266 g/mol. The number of rotatable bonds is 3. The van der Waals surface area contributed by atoms with Crippen LogP contribution in [0.2, 0.25) is 0 Å². The van der Waals surface area contributed by atoms with Crippen LogP contribution in [0.4, 0.5) is 13.2 Å². The molecular weight excluding hydrogens is 245 g/mol. The third-order valence-corrected chi connectivity index (χ3v) is 3.94. The summed E-state index contributed by atoms with van der Waals surface area (Å²) >= 11 is 0. The van der Waals surface area contributed by atoms with Crippen LogP contribution in [0.15, 0.2) is 0 Å². The second kappa shape index (κ2) is 5.47. The average Bonchev–Trinajstić information content (AvgIpc) is 2.29. The Morgan fingerprint density at radius 1 is 1.39 bits per heavy atom. The van der Waals surface area contributed by atoms with Crippen molar-refractivity contribution in [2.45, 2.75) is 45.3 Å². The molecule has 0 bridgehead atoms. The highest BCUT2D eigenvalue weighted by molar-refractivity contribution is 5.83. The monoisotopic (exact) mass is 266 g/mol. The molecule has 0 radical (unpaired) electrons. The van der Waals surface area contributed by atoms with Crippen LogP contribution in [0.1, 0.15) is 33.1 Å². The van der Waals surface area contributed by atoms with Crippen molar-refractivity contribution in [3.63, 3.8) is 0 Å². The molecule has 0 aromatic heterocycles. The molecule has 0 spiro atoms. The number of hydrogen-bond acceptors (Lipinski definition) is 2. The third-order valence-electron chi connectivity index (χ3n) is 3.94. The van der Waals surface area contributed by atoms with Gasteiger partial charge in [-0.05, 0) is 46.3 Å². The quantitative estimate of drug-likeness (QED) is 0.849. The standard InChI is InChI=1S/C12H21F3N2O/c1-4-11(5-7-17(3)8-6-11)10(18)16-9(2)12(13,14)15/h9H,4-8H2,1-3H3,(H,16,18). The summed E-state index contributed by atoms with van der Waals surface area (Å²) in [6.45, 7) is 4.35. The van der Waals surface area contributed by atoms with Crippen molar-refractivity contribution >= 4 is 5.91 Å². The summed E-state index contributed by atoms with van der Waals surface area (Å²) in [7, 11) is 1.95. The molecule has 1 saturated heterocycles. The molecule has 0 aliphatic carbocycles. The highest BCUT2D eigenvalue weighted by Crippen LogP contribution is 2.35. The third kappa shape index (κ3) is 3.37. The predicted molar refractivity (Wildman–Crippen MR) is 63.1 cm³/mol. The van der Waals surface area contributed by atoms with E-state index in [1.165, 1.54) is 0 Å². The Kier molecular flexibility index (Phi) is 4.64. The van der Waals surface area contributed by atoms with Gasteiger partial charge in [-0.15, -0.1) is 0 Å². The highest BCUT2D eigenvalue weighted by Gasteiger charge is 2.43. The van der Waals surface area contributed by atoms with Crippen LogP contribution < -0.4 is 5.32 Å². The van der Waals surface area contributed by atoms with E-state index in [2.05, 4.69) is 10.2 Å². The summed E-state index contributed by atoms with van der Waals surface area (Å²) in [5.74, 6) is -0.456. The number of likely N-dealkylation sites (tertiary alicyclic amines) is 1. The van der Waals surface area contributed by atoms with Crippen molar-refractivity contribution in [3.05, 3.63) is 0 Å². The number of nitrogens with one attached hydrogen (secondary N) is 1. The SMILES string of the molecule is CCC1(C(=O)NC(C)C(F)(F)F)CCN(C)CC1. The summed E-state index contributed by atoms with van der Waals surface area (Å²) in [4.78, 5) is 14.2. The molecule has 1 amide bonds. The number of nitrogens with zero attached hydrogens (tertiary/aromatic N) is 1. The lowest BCUT2D eigenvalue weighted by Crippen LogP contribution is -2.52. The van der Waals surface area contributed by atoms with Gasteiger partial charge in [0.1, 0.15) is 6.04 Å². The Morgan fingerprint density at radius 2 is 1.89 bits per heavy atom. The molecule has 1 aliphatic heterocycles. The van der Waals surface area contributed by atoms with E-state index in [1.54, 1.807) is 0 Å². The number of hydrogen-bond donors (Lipinski definition) is 1. The van der Waals surface area contributed by atoms with Gasteiger partial charge in [0.15, 0.2) is 0 Å². The largest absolute Gasteiger partial charge is 0.408 e. The number of halogens is 3. The Morgan fingerprint density at radius 3 is 2.28 bits per heavy atom. The van der Waals surface area contributed by atoms with Crippen LogP contribution in [0.5, 0.6) is 0 Å². The summed E-state index contributed by atoms with van der Waals surface area (Å²) in [5.41, 5.74) is -0.633. The molecule has 1 heterocycles. The van der Waals surface area contributed by atoms with Crippen molar-refractivity contribution in [1.82, 2.24) is 10.2 Å². The highest BCUT2D eigenvalue weighted by atomic mass is 19.4. The van der Waals surface area contributed by atoms with E-state index in [0.29, 0.717) is 19.3 Å². The fourth-order valence-corrected chi connectivity index (χ4v) is 2.22. The molecule has 6 heteroatoms. The molecular formula is C12H21F3N2O. The zero-order valence-corrected chi connectivity index (χ0v) is 11.1. The summed E-state index contributed by atoms with van der Waals surface area (Å²) in [5, 5.41) is 2.11. The van der Waals surface area contributed by atoms with Gasteiger partial charge in [-0.1, -0.05) is 6.92 Å². The van der Waals surface area contributed by atoms with Gasteiger partial charge < -0.3 is 10.2 Å². The lowest BCUT2D eigenvalue weighted by Gasteiger charge is -2.39. The number of piperidine rings is 1. The molecule has 1 rings (SSSR count). The van der Waals surface area contributed by atoms with Gasteiger partial charge in [0.05, 0.1) is 5.41 Å². The van der Waals surface area contributed by atoms with E-state index in [9.17, 15) is 18.0 Å². The minimum atomic E-state index is -4.38. The number of carbonyl (C=O) groups is 1. The number of alkyl halides is 3. The van der Waals surface area contributed by atoms with Crippen LogP contribution in [0.25, 0.3) is 0 Å². The van der Waals surface area contributed by atoms with E-state index in [0.717, 1.165) is 20.0 Å². The first-order chi connectivity index (χ1) is 8.21. The van der Waals surface area contributed by atoms with Gasteiger partial charge in [0, 0.05) is 0 Å². The zero-order chi connectivity index (χ0) is 14.0. The second-order valence-electron chi connectivity index (χ2n) is 5.17. The first-order valence-electron chi connectivity index (χ1n) is 6.27. The number of carbonyl (C=O) groups excluding carboxylic acids is 1. The van der Waals surface area contributed by atoms with Crippen LogP contribution in [0.3, 0.4) is 0 Å². The fraction of sp³-hybridized carbons (Fsp3) is 0.917. The summed E-state index contributed by atoms with van der Waals surface area (Å²) in [6, 6.07) is -1.78. The first-order valence-corrected chi connectivity index (χ1v) is 6.27. The van der Waals surface area contributed by atoms with Crippen molar-refractivity contribution < 1.29 is 18.0 Å². The maximum absolute atomic E-state index is 12.4. The van der Waals surface area contributed by atoms with Crippen molar-refractivity contribution in [2.75, 3.05) is 20.1 Å². The lowest BCUT2D eigenvalue weighted by atomic mass is 9.75. The molecule has 0 aromatic carbocycles. The molecule has 1 unspecified atom stereocenters.